The zero-order valence-electron chi connectivity index (χ0n) is 9.05. The SMILES string of the molecule is CC(C)C(N)C(O)c1cc(F)c(F)cc1F. The highest BCUT2D eigenvalue weighted by atomic mass is 19.2. The summed E-state index contributed by atoms with van der Waals surface area (Å²) in [6.45, 7) is 3.48. The molecule has 0 saturated carbocycles. The zero-order valence-corrected chi connectivity index (χ0v) is 9.05. The van der Waals surface area contributed by atoms with Crippen LogP contribution < -0.4 is 5.73 Å². The molecular weight excluding hydrogens is 219 g/mol. The summed E-state index contributed by atoms with van der Waals surface area (Å²) in [5.74, 6) is -3.59. The summed E-state index contributed by atoms with van der Waals surface area (Å²) < 4.78 is 38.8. The smallest absolute Gasteiger partial charge is 0.161 e. The number of aliphatic hydroxyl groups excluding tert-OH is 1. The van der Waals surface area contributed by atoms with Crippen LogP contribution in [0.4, 0.5) is 13.2 Å². The molecule has 0 radical (unpaired) electrons. The average Bonchev–Trinajstić information content (AvgIpc) is 2.21. The number of aliphatic hydroxyl groups is 1. The Morgan fingerprint density at radius 3 is 2.06 bits per heavy atom. The Kier molecular flexibility index (Phi) is 3.93. The van der Waals surface area contributed by atoms with Gasteiger partial charge >= 0.3 is 0 Å². The fourth-order valence-electron chi connectivity index (χ4n) is 1.34. The predicted molar refractivity (Wildman–Crippen MR) is 54.1 cm³/mol. The topological polar surface area (TPSA) is 46.2 Å². The van der Waals surface area contributed by atoms with Gasteiger partial charge in [-0.1, -0.05) is 13.8 Å². The Balaban J connectivity index is 3.08. The summed E-state index contributed by atoms with van der Waals surface area (Å²) in [4.78, 5) is 0. The van der Waals surface area contributed by atoms with Crippen LogP contribution in [0.2, 0.25) is 0 Å². The summed E-state index contributed by atoms with van der Waals surface area (Å²) in [6.07, 6.45) is -1.35. The van der Waals surface area contributed by atoms with Crippen molar-refractivity contribution in [2.45, 2.75) is 26.0 Å². The molecule has 5 heteroatoms. The van der Waals surface area contributed by atoms with Crippen molar-refractivity contribution in [3.63, 3.8) is 0 Å². The van der Waals surface area contributed by atoms with Crippen molar-refractivity contribution in [1.82, 2.24) is 0 Å². The lowest BCUT2D eigenvalue weighted by Gasteiger charge is -2.22. The van der Waals surface area contributed by atoms with Crippen LogP contribution in [0.25, 0.3) is 0 Å². The lowest BCUT2D eigenvalue weighted by atomic mass is 9.94. The van der Waals surface area contributed by atoms with Gasteiger partial charge in [0.05, 0.1) is 6.10 Å². The van der Waals surface area contributed by atoms with Crippen LogP contribution in [0.1, 0.15) is 25.5 Å². The molecule has 0 aliphatic heterocycles. The third-order valence-electron chi connectivity index (χ3n) is 2.49. The van der Waals surface area contributed by atoms with Crippen LogP contribution in [0, 0.1) is 23.4 Å². The molecule has 0 aromatic heterocycles. The first-order valence-electron chi connectivity index (χ1n) is 4.92. The number of benzene rings is 1. The molecule has 0 spiro atoms. The van der Waals surface area contributed by atoms with E-state index in [0.29, 0.717) is 12.1 Å². The fourth-order valence-corrected chi connectivity index (χ4v) is 1.34. The predicted octanol–water partition coefficient (Wildman–Crippen LogP) is 2.12. The highest BCUT2D eigenvalue weighted by Crippen LogP contribution is 2.24. The molecule has 1 rings (SSSR count). The summed E-state index contributed by atoms with van der Waals surface area (Å²) in [5.41, 5.74) is 5.30. The van der Waals surface area contributed by atoms with E-state index in [0.717, 1.165) is 0 Å². The first kappa shape index (κ1) is 13.0. The molecule has 90 valence electrons. The Bertz CT molecular complexity index is 382. The van der Waals surface area contributed by atoms with Gasteiger partial charge < -0.3 is 10.8 Å². The highest BCUT2D eigenvalue weighted by Gasteiger charge is 2.24. The molecule has 0 fully saturated rings. The monoisotopic (exact) mass is 233 g/mol. The van der Waals surface area contributed by atoms with E-state index in [1.54, 1.807) is 13.8 Å². The lowest BCUT2D eigenvalue weighted by molar-refractivity contribution is 0.121. The summed E-state index contributed by atoms with van der Waals surface area (Å²) in [5, 5.41) is 9.70. The Morgan fingerprint density at radius 2 is 1.56 bits per heavy atom. The second kappa shape index (κ2) is 4.84. The van der Waals surface area contributed by atoms with E-state index in [1.807, 2.05) is 0 Å². The van der Waals surface area contributed by atoms with Gasteiger partial charge in [-0.2, -0.15) is 0 Å². The van der Waals surface area contributed by atoms with Crippen LogP contribution in [-0.2, 0) is 0 Å². The zero-order chi connectivity index (χ0) is 12.5. The number of rotatable bonds is 3. The molecule has 2 unspecified atom stereocenters. The molecule has 0 aliphatic rings. The largest absolute Gasteiger partial charge is 0.387 e. The fraction of sp³-hybridized carbons (Fsp3) is 0.455. The van der Waals surface area contributed by atoms with E-state index in [1.165, 1.54) is 0 Å². The quantitative estimate of drug-likeness (QED) is 0.785. The first-order chi connectivity index (χ1) is 7.34. The van der Waals surface area contributed by atoms with E-state index in [2.05, 4.69) is 0 Å². The summed E-state index contributed by atoms with van der Waals surface area (Å²) in [7, 11) is 0. The number of halogens is 3. The van der Waals surface area contributed by atoms with Crippen LogP contribution in [-0.4, -0.2) is 11.1 Å². The Hall–Kier alpha value is -1.07. The van der Waals surface area contributed by atoms with Gasteiger partial charge in [0, 0.05) is 17.7 Å². The number of hydrogen-bond donors (Lipinski definition) is 2. The molecule has 2 atom stereocenters. The molecule has 0 saturated heterocycles. The van der Waals surface area contributed by atoms with Gasteiger partial charge in [-0.25, -0.2) is 13.2 Å². The van der Waals surface area contributed by atoms with Gasteiger partial charge in [0.25, 0.3) is 0 Å². The third kappa shape index (κ3) is 2.54. The van der Waals surface area contributed by atoms with E-state index < -0.39 is 29.6 Å². The highest BCUT2D eigenvalue weighted by molar-refractivity contribution is 5.23. The molecule has 3 N–H and O–H groups in total. The Labute approximate surface area is 91.9 Å². The minimum Gasteiger partial charge on any atom is -0.387 e. The first-order valence-corrected chi connectivity index (χ1v) is 4.92. The van der Waals surface area contributed by atoms with Gasteiger partial charge in [-0.15, -0.1) is 0 Å². The van der Waals surface area contributed by atoms with Crippen molar-refractivity contribution >= 4 is 0 Å². The van der Waals surface area contributed by atoms with Crippen molar-refractivity contribution < 1.29 is 18.3 Å². The summed E-state index contributed by atoms with van der Waals surface area (Å²) in [6, 6.07) is 0.303. The second-order valence-corrected chi connectivity index (χ2v) is 4.05. The maximum atomic E-state index is 13.3. The molecule has 1 aromatic carbocycles. The molecule has 2 nitrogen and oxygen atoms in total. The molecule has 1 aromatic rings. The van der Waals surface area contributed by atoms with Gasteiger partial charge in [-0.05, 0) is 12.0 Å². The van der Waals surface area contributed by atoms with Gasteiger partial charge in [0.1, 0.15) is 5.82 Å². The normalized spacial score (nSPS) is 15.2. The maximum Gasteiger partial charge on any atom is 0.161 e. The minimum atomic E-state index is -1.35. The van der Waals surface area contributed by atoms with E-state index in [9.17, 15) is 18.3 Å². The Morgan fingerprint density at radius 1 is 1.06 bits per heavy atom. The van der Waals surface area contributed by atoms with E-state index >= 15 is 0 Å². The van der Waals surface area contributed by atoms with Crippen molar-refractivity contribution in [2.75, 3.05) is 0 Å². The van der Waals surface area contributed by atoms with E-state index in [4.69, 9.17) is 5.73 Å². The number of hydrogen-bond acceptors (Lipinski definition) is 2. The molecule has 0 bridgehead atoms. The molecule has 0 amide bonds. The maximum absolute atomic E-state index is 13.3. The van der Waals surface area contributed by atoms with Gasteiger partial charge in [0.2, 0.25) is 0 Å². The molecule has 0 aliphatic carbocycles. The van der Waals surface area contributed by atoms with Gasteiger partial charge in [-0.3, -0.25) is 0 Å². The minimum absolute atomic E-state index is 0.109. The summed E-state index contributed by atoms with van der Waals surface area (Å²) >= 11 is 0. The average molecular weight is 233 g/mol. The van der Waals surface area contributed by atoms with Crippen LogP contribution >= 0.6 is 0 Å². The van der Waals surface area contributed by atoms with Gasteiger partial charge in [0.15, 0.2) is 11.6 Å². The second-order valence-electron chi connectivity index (χ2n) is 4.05. The van der Waals surface area contributed by atoms with Crippen LogP contribution in [0.15, 0.2) is 12.1 Å². The third-order valence-corrected chi connectivity index (χ3v) is 2.49. The van der Waals surface area contributed by atoms with Crippen molar-refractivity contribution in [2.24, 2.45) is 11.7 Å². The molecule has 16 heavy (non-hydrogen) atoms. The van der Waals surface area contributed by atoms with E-state index in [-0.39, 0.29) is 11.5 Å². The van der Waals surface area contributed by atoms with Crippen molar-refractivity contribution in [1.29, 1.82) is 0 Å². The molecule has 0 heterocycles. The molecular formula is C11H14F3NO. The number of nitrogens with two attached hydrogens (primary N) is 1. The standard InChI is InChI=1S/C11H14F3NO/c1-5(2)10(15)11(16)6-3-8(13)9(14)4-7(6)12/h3-5,10-11,16H,15H2,1-2H3. The lowest BCUT2D eigenvalue weighted by Crippen LogP contribution is -2.34. The van der Waals surface area contributed by atoms with Crippen LogP contribution in [0.5, 0.6) is 0 Å². The van der Waals surface area contributed by atoms with Crippen molar-refractivity contribution in [3.8, 4) is 0 Å². The van der Waals surface area contributed by atoms with Crippen molar-refractivity contribution in [3.05, 3.63) is 35.1 Å². The van der Waals surface area contributed by atoms with Crippen LogP contribution in [0.3, 0.4) is 0 Å².